The smallest absolute Gasteiger partial charge is 0.124 e. The maximum absolute atomic E-state index is 9.17. The van der Waals surface area contributed by atoms with Crippen molar-refractivity contribution in [1.29, 1.82) is 0 Å². The van der Waals surface area contributed by atoms with Crippen molar-refractivity contribution in [2.45, 2.75) is 6.10 Å². The summed E-state index contributed by atoms with van der Waals surface area (Å²) >= 11 is 0. The molecule has 0 spiro atoms. The van der Waals surface area contributed by atoms with Crippen LogP contribution in [0, 0.1) is 0 Å². The summed E-state index contributed by atoms with van der Waals surface area (Å²) < 4.78 is 21.5. The van der Waals surface area contributed by atoms with Gasteiger partial charge in [-0.25, -0.2) is 0 Å². The standard InChI is InChI=1S/C13H16N2O2/c1-15-12(7-8-14-15)13(17-10-9-16)11-5-3-2-4-6-11/h2-8,13,16H,9-10H2,1H3/i9D2. The second-order valence-electron chi connectivity index (χ2n) is 3.64. The van der Waals surface area contributed by atoms with Gasteiger partial charge in [0.25, 0.3) is 0 Å². The van der Waals surface area contributed by atoms with Gasteiger partial charge < -0.3 is 9.84 Å². The molecule has 0 amide bonds. The Morgan fingerprint density at radius 3 is 2.76 bits per heavy atom. The molecule has 2 rings (SSSR count). The minimum absolute atomic E-state index is 0.405. The Bertz CT molecular complexity index is 523. The van der Waals surface area contributed by atoms with E-state index in [0.29, 0.717) is 0 Å². The average molecular weight is 234 g/mol. The molecule has 1 aromatic heterocycles. The highest BCUT2D eigenvalue weighted by atomic mass is 16.5. The fourth-order valence-corrected chi connectivity index (χ4v) is 1.74. The lowest BCUT2D eigenvalue weighted by Gasteiger charge is -2.18. The van der Waals surface area contributed by atoms with E-state index in [1.54, 1.807) is 17.9 Å². The lowest BCUT2D eigenvalue weighted by molar-refractivity contribution is 0.0460. The fraction of sp³-hybridized carbons (Fsp3) is 0.308. The van der Waals surface area contributed by atoms with Crippen molar-refractivity contribution >= 4 is 0 Å². The Morgan fingerprint density at radius 2 is 2.18 bits per heavy atom. The van der Waals surface area contributed by atoms with Crippen LogP contribution < -0.4 is 0 Å². The maximum Gasteiger partial charge on any atom is 0.124 e. The minimum atomic E-state index is -2.36. The molecule has 0 aliphatic rings. The third kappa shape index (κ3) is 2.72. The number of nitrogens with zero attached hydrogens (tertiary/aromatic N) is 2. The first-order valence-corrected chi connectivity index (χ1v) is 5.34. The Morgan fingerprint density at radius 1 is 1.41 bits per heavy atom. The van der Waals surface area contributed by atoms with Crippen molar-refractivity contribution in [2.24, 2.45) is 7.05 Å². The number of aliphatic hydroxyl groups is 1. The van der Waals surface area contributed by atoms with Crippen LogP contribution in [-0.2, 0) is 11.8 Å². The summed E-state index contributed by atoms with van der Waals surface area (Å²) in [5, 5.41) is 13.3. The van der Waals surface area contributed by atoms with Gasteiger partial charge in [-0.1, -0.05) is 30.3 Å². The van der Waals surface area contributed by atoms with E-state index in [1.807, 2.05) is 36.4 Å². The molecule has 1 N–H and O–H groups in total. The number of hydrogen-bond acceptors (Lipinski definition) is 3. The van der Waals surface area contributed by atoms with Crippen molar-refractivity contribution in [3.63, 3.8) is 0 Å². The lowest BCUT2D eigenvalue weighted by atomic mass is 10.1. The van der Waals surface area contributed by atoms with Crippen molar-refractivity contribution in [3.05, 3.63) is 53.9 Å². The molecule has 2 aromatic rings. The molecule has 90 valence electrons. The molecule has 0 radical (unpaired) electrons. The number of ether oxygens (including phenoxy) is 1. The molecular formula is C13H16N2O2. The number of rotatable bonds is 5. The van der Waals surface area contributed by atoms with Crippen LogP contribution in [0.3, 0.4) is 0 Å². The van der Waals surface area contributed by atoms with E-state index >= 15 is 0 Å². The summed E-state index contributed by atoms with van der Waals surface area (Å²) in [5.74, 6) is 0. The number of aromatic nitrogens is 2. The first kappa shape index (κ1) is 9.39. The zero-order valence-electron chi connectivity index (χ0n) is 11.6. The van der Waals surface area contributed by atoms with Crippen LogP contribution in [0.15, 0.2) is 42.6 Å². The Balaban J connectivity index is 2.27. The van der Waals surface area contributed by atoms with Crippen LogP contribution in [0.2, 0.25) is 0 Å². The third-order valence-electron chi connectivity index (χ3n) is 2.54. The summed E-state index contributed by atoms with van der Waals surface area (Å²) in [7, 11) is 1.79. The summed E-state index contributed by atoms with van der Waals surface area (Å²) in [5.41, 5.74) is 1.69. The topological polar surface area (TPSA) is 47.3 Å². The van der Waals surface area contributed by atoms with Crippen LogP contribution in [0.5, 0.6) is 0 Å². The first-order chi connectivity index (χ1) is 8.97. The summed E-state index contributed by atoms with van der Waals surface area (Å²) in [4.78, 5) is 0. The number of benzene rings is 1. The molecule has 17 heavy (non-hydrogen) atoms. The van der Waals surface area contributed by atoms with E-state index in [0.717, 1.165) is 11.3 Å². The summed E-state index contributed by atoms with van der Waals surface area (Å²) in [6.45, 7) is -2.76. The molecule has 0 saturated heterocycles. The van der Waals surface area contributed by atoms with Gasteiger partial charge in [0, 0.05) is 13.2 Å². The largest absolute Gasteiger partial charge is 0.394 e. The van der Waals surface area contributed by atoms with Crippen LogP contribution in [0.25, 0.3) is 0 Å². The monoisotopic (exact) mass is 234 g/mol. The predicted molar refractivity (Wildman–Crippen MR) is 64.5 cm³/mol. The van der Waals surface area contributed by atoms with Crippen molar-refractivity contribution in [3.8, 4) is 0 Å². The van der Waals surface area contributed by atoms with Crippen molar-refractivity contribution in [1.82, 2.24) is 9.78 Å². The molecule has 1 aromatic carbocycles. The Hall–Kier alpha value is -1.65. The van der Waals surface area contributed by atoms with E-state index in [2.05, 4.69) is 5.10 Å². The van der Waals surface area contributed by atoms with Crippen molar-refractivity contribution in [2.75, 3.05) is 13.2 Å². The zero-order chi connectivity index (χ0) is 13.9. The Labute approximate surface area is 103 Å². The van der Waals surface area contributed by atoms with Crippen LogP contribution in [0.4, 0.5) is 0 Å². The van der Waals surface area contributed by atoms with Gasteiger partial charge in [-0.3, -0.25) is 4.68 Å². The van der Waals surface area contributed by atoms with E-state index in [1.165, 1.54) is 0 Å². The highest BCUT2D eigenvalue weighted by Crippen LogP contribution is 2.24. The second-order valence-corrected chi connectivity index (χ2v) is 3.64. The van der Waals surface area contributed by atoms with Gasteiger partial charge in [0.15, 0.2) is 0 Å². The van der Waals surface area contributed by atoms with Gasteiger partial charge in [-0.05, 0) is 11.6 Å². The fourth-order valence-electron chi connectivity index (χ4n) is 1.74. The lowest BCUT2D eigenvalue weighted by Crippen LogP contribution is -2.13. The maximum atomic E-state index is 9.17. The van der Waals surface area contributed by atoms with Gasteiger partial charge in [0.05, 0.1) is 21.6 Å². The highest BCUT2D eigenvalue weighted by molar-refractivity contribution is 5.25. The molecular weight excluding hydrogens is 216 g/mol. The van der Waals surface area contributed by atoms with E-state index < -0.39 is 19.3 Å². The minimum Gasteiger partial charge on any atom is -0.394 e. The van der Waals surface area contributed by atoms with Gasteiger partial charge >= 0.3 is 0 Å². The van der Waals surface area contributed by atoms with E-state index in [4.69, 9.17) is 12.6 Å². The third-order valence-corrected chi connectivity index (χ3v) is 2.54. The molecule has 0 fully saturated rings. The zero-order valence-corrected chi connectivity index (χ0v) is 9.58. The second kappa shape index (κ2) is 5.61. The molecule has 4 heteroatoms. The number of aryl methyl sites for hydroxylation is 1. The molecule has 4 nitrogen and oxygen atoms in total. The summed E-state index contributed by atoms with van der Waals surface area (Å²) in [6.07, 6.45) is 1.19. The average Bonchev–Trinajstić information content (AvgIpc) is 2.76. The van der Waals surface area contributed by atoms with E-state index in [-0.39, 0.29) is 0 Å². The van der Waals surface area contributed by atoms with Gasteiger partial charge in [-0.15, -0.1) is 0 Å². The molecule has 0 aliphatic heterocycles. The van der Waals surface area contributed by atoms with Crippen LogP contribution in [-0.4, -0.2) is 28.1 Å². The SMILES string of the molecule is [2H]C([2H])(O)COC(c1ccccc1)c1ccnn1C. The van der Waals surface area contributed by atoms with E-state index in [9.17, 15) is 0 Å². The first-order valence-electron chi connectivity index (χ1n) is 6.34. The summed E-state index contributed by atoms with van der Waals surface area (Å²) in [6, 6.07) is 11.3. The molecule has 0 saturated carbocycles. The van der Waals surface area contributed by atoms with Crippen LogP contribution >= 0.6 is 0 Å². The van der Waals surface area contributed by atoms with Gasteiger partial charge in [0.2, 0.25) is 0 Å². The quantitative estimate of drug-likeness (QED) is 0.853. The highest BCUT2D eigenvalue weighted by Gasteiger charge is 2.17. The molecule has 1 atom stereocenters. The predicted octanol–water partition coefficient (Wildman–Crippen LogP) is 1.52. The van der Waals surface area contributed by atoms with Crippen LogP contribution in [0.1, 0.15) is 20.1 Å². The van der Waals surface area contributed by atoms with Gasteiger partial charge in [-0.2, -0.15) is 5.10 Å². The van der Waals surface area contributed by atoms with Gasteiger partial charge in [0.1, 0.15) is 6.10 Å². The molecule has 1 unspecified atom stereocenters. The molecule has 0 aliphatic carbocycles. The molecule has 1 heterocycles. The molecule has 0 bridgehead atoms. The Kier molecular flexibility index (Phi) is 3.10. The number of hydrogen-bond donors (Lipinski definition) is 1. The normalized spacial score (nSPS) is 15.2. The van der Waals surface area contributed by atoms with Crippen molar-refractivity contribution < 1.29 is 12.6 Å².